The van der Waals surface area contributed by atoms with Crippen LogP contribution in [0.4, 0.5) is 0 Å². The van der Waals surface area contributed by atoms with Crippen molar-refractivity contribution in [2.75, 3.05) is 0 Å². The third kappa shape index (κ3) is 5.92. The maximum Gasteiger partial charge on any atom is 0.0582 e. The molecule has 2 heterocycles. The average molecular weight is 899 g/mol. The average Bonchev–Trinajstić information content (AvgIpc) is 3.93. The standard InChI is InChI=1S/C68H54N2/c1-41-42(2)56-40-60-58-38-48(54-32-20-18-30-52(54)46-23-11-6-12-24-46)34-36-62(58)70(50-27-15-8-16-28-50)68(60)64-44(4)43(3)63-65(66(56)64)55(41)39-59-57-37-47(53-31-19-17-29-51(53)45-21-9-5-10-22-45)33-35-61(57)69(67(59)63)49-25-13-7-14-26-49/h5-33,35,37-44H,34,36H2,1-4H3. The molecule has 3 aliphatic rings. The topological polar surface area (TPSA) is 9.86 Å². The molecule has 11 aromatic rings. The van der Waals surface area contributed by atoms with Crippen molar-refractivity contribution in [3.63, 3.8) is 0 Å². The molecule has 0 fully saturated rings. The van der Waals surface area contributed by atoms with E-state index in [0.717, 1.165) is 12.8 Å². The number of rotatable bonds is 6. The number of benzene rings is 9. The van der Waals surface area contributed by atoms with Crippen molar-refractivity contribution in [1.29, 1.82) is 0 Å². The molecule has 336 valence electrons. The molecule has 0 saturated carbocycles. The van der Waals surface area contributed by atoms with Crippen LogP contribution in [-0.2, 0) is 6.42 Å². The Bertz CT molecular complexity index is 3920. The van der Waals surface area contributed by atoms with Crippen molar-refractivity contribution in [1.82, 2.24) is 9.13 Å². The highest BCUT2D eigenvalue weighted by Crippen LogP contribution is 2.62. The Morgan fingerprint density at radius 2 is 0.829 bits per heavy atom. The number of hydrogen-bond donors (Lipinski definition) is 0. The molecule has 9 aromatic carbocycles. The lowest BCUT2D eigenvalue weighted by Gasteiger charge is -2.42. The van der Waals surface area contributed by atoms with Gasteiger partial charge in [-0.25, -0.2) is 0 Å². The Morgan fingerprint density at radius 3 is 1.40 bits per heavy atom. The van der Waals surface area contributed by atoms with Crippen LogP contribution in [0.2, 0.25) is 0 Å². The Balaban J connectivity index is 1.06. The van der Waals surface area contributed by atoms with Gasteiger partial charge in [0.15, 0.2) is 0 Å². The van der Waals surface area contributed by atoms with Gasteiger partial charge in [-0.1, -0.05) is 179 Å². The Morgan fingerprint density at radius 1 is 0.371 bits per heavy atom. The van der Waals surface area contributed by atoms with Gasteiger partial charge in [-0.05, 0) is 169 Å². The van der Waals surface area contributed by atoms with Crippen molar-refractivity contribution in [2.45, 2.75) is 64.2 Å². The smallest absolute Gasteiger partial charge is 0.0582 e. The van der Waals surface area contributed by atoms with Gasteiger partial charge in [0, 0.05) is 38.8 Å². The van der Waals surface area contributed by atoms with Gasteiger partial charge in [-0.2, -0.15) is 0 Å². The summed E-state index contributed by atoms with van der Waals surface area (Å²) in [7, 11) is 0. The van der Waals surface area contributed by atoms with Crippen molar-refractivity contribution in [2.24, 2.45) is 0 Å². The highest BCUT2D eigenvalue weighted by Gasteiger charge is 2.43. The van der Waals surface area contributed by atoms with E-state index in [1.807, 2.05) is 0 Å². The predicted molar refractivity (Wildman–Crippen MR) is 296 cm³/mol. The first-order valence-corrected chi connectivity index (χ1v) is 25.4. The Labute approximate surface area is 410 Å². The monoisotopic (exact) mass is 898 g/mol. The second kappa shape index (κ2) is 15.8. The molecule has 14 rings (SSSR count). The molecule has 2 heteroatoms. The molecule has 0 spiro atoms. The van der Waals surface area contributed by atoms with Crippen LogP contribution in [0.3, 0.4) is 0 Å². The lowest BCUT2D eigenvalue weighted by atomic mass is 9.62. The van der Waals surface area contributed by atoms with Crippen LogP contribution >= 0.6 is 0 Å². The minimum Gasteiger partial charge on any atom is -0.313 e. The lowest BCUT2D eigenvalue weighted by Crippen LogP contribution is -2.24. The van der Waals surface area contributed by atoms with Crippen LogP contribution in [0.5, 0.6) is 0 Å². The number of allylic oxidation sites excluding steroid dienone is 1. The van der Waals surface area contributed by atoms with Gasteiger partial charge in [0.05, 0.1) is 16.6 Å². The summed E-state index contributed by atoms with van der Waals surface area (Å²) in [6, 6.07) is 74.6. The number of hydrogen-bond acceptors (Lipinski definition) is 0. The third-order valence-corrected chi connectivity index (χ3v) is 16.9. The SMILES string of the molecule is CC1c2cc3c4c(n(-c5ccccc5)c3c3c2-c2c(cc5c6cc(-c7ccccc7-c7ccccc7)ccc6n(-c6ccccc6)c5c2C(C)C3C)C1C)CCC(c1ccccc1-c1ccccc1)=C4. The molecule has 0 aliphatic heterocycles. The number of nitrogens with zero attached hydrogens (tertiary/aromatic N) is 2. The molecule has 2 nitrogen and oxygen atoms in total. The molecule has 0 amide bonds. The van der Waals surface area contributed by atoms with Gasteiger partial charge < -0.3 is 9.13 Å². The maximum absolute atomic E-state index is 2.68. The molecule has 2 aromatic heterocycles. The fraction of sp³-hybridized carbons (Fsp3) is 0.147. The van der Waals surface area contributed by atoms with Crippen molar-refractivity contribution in [3.8, 4) is 55.9 Å². The summed E-state index contributed by atoms with van der Waals surface area (Å²) in [5.41, 5.74) is 28.6. The van der Waals surface area contributed by atoms with E-state index in [1.165, 1.54) is 133 Å². The molecule has 0 bridgehead atoms. The van der Waals surface area contributed by atoms with Crippen molar-refractivity contribution >= 4 is 44.4 Å². The largest absolute Gasteiger partial charge is 0.313 e. The minimum atomic E-state index is 0.245. The predicted octanol–water partition coefficient (Wildman–Crippen LogP) is 18.3. The Kier molecular flexibility index (Phi) is 9.27. The summed E-state index contributed by atoms with van der Waals surface area (Å²) < 4.78 is 5.29. The number of para-hydroxylation sites is 2. The fourth-order valence-electron chi connectivity index (χ4n) is 13.2. The molecule has 0 saturated heterocycles. The van der Waals surface area contributed by atoms with E-state index in [9.17, 15) is 0 Å². The Hall–Kier alpha value is -7.94. The second-order valence-corrected chi connectivity index (χ2v) is 20.4. The summed E-state index contributed by atoms with van der Waals surface area (Å²) in [5.74, 6) is 1.15. The molecule has 4 atom stereocenters. The molecular weight excluding hydrogens is 845 g/mol. The minimum absolute atomic E-state index is 0.245. The van der Waals surface area contributed by atoms with Crippen LogP contribution in [-0.4, -0.2) is 9.13 Å². The van der Waals surface area contributed by atoms with E-state index < -0.39 is 0 Å². The van der Waals surface area contributed by atoms with Gasteiger partial charge in [-0.3, -0.25) is 0 Å². The highest BCUT2D eigenvalue weighted by atomic mass is 15.0. The molecule has 0 radical (unpaired) electrons. The van der Waals surface area contributed by atoms with Crippen LogP contribution in [0.25, 0.3) is 100 Å². The normalized spacial score (nSPS) is 18.0. The van der Waals surface area contributed by atoms with Gasteiger partial charge in [0.2, 0.25) is 0 Å². The van der Waals surface area contributed by atoms with Gasteiger partial charge >= 0.3 is 0 Å². The summed E-state index contributed by atoms with van der Waals surface area (Å²) in [6.45, 7) is 10.1. The maximum atomic E-state index is 2.68. The van der Waals surface area contributed by atoms with E-state index in [2.05, 4.69) is 243 Å². The van der Waals surface area contributed by atoms with Gasteiger partial charge in [0.25, 0.3) is 0 Å². The van der Waals surface area contributed by atoms with Gasteiger partial charge in [0.1, 0.15) is 0 Å². The van der Waals surface area contributed by atoms with E-state index in [-0.39, 0.29) is 11.8 Å². The quantitative estimate of drug-likeness (QED) is 0.157. The first-order valence-electron chi connectivity index (χ1n) is 25.4. The van der Waals surface area contributed by atoms with E-state index in [1.54, 1.807) is 0 Å². The van der Waals surface area contributed by atoms with Crippen molar-refractivity contribution < 1.29 is 0 Å². The van der Waals surface area contributed by atoms with Crippen LogP contribution in [0.1, 0.15) is 96.9 Å². The highest BCUT2D eigenvalue weighted by molar-refractivity contribution is 6.15. The van der Waals surface area contributed by atoms with Crippen LogP contribution in [0, 0.1) is 0 Å². The molecule has 0 N–H and O–H groups in total. The zero-order chi connectivity index (χ0) is 46.8. The molecule has 3 aliphatic carbocycles. The van der Waals surface area contributed by atoms with Crippen LogP contribution < -0.4 is 0 Å². The third-order valence-electron chi connectivity index (χ3n) is 16.9. The van der Waals surface area contributed by atoms with Crippen molar-refractivity contribution in [3.05, 3.63) is 239 Å². The molecule has 70 heavy (non-hydrogen) atoms. The zero-order valence-electron chi connectivity index (χ0n) is 40.2. The zero-order valence-corrected chi connectivity index (χ0v) is 40.2. The lowest BCUT2D eigenvalue weighted by molar-refractivity contribution is 0.584. The fourth-order valence-corrected chi connectivity index (χ4v) is 13.2. The van der Waals surface area contributed by atoms with E-state index >= 15 is 0 Å². The summed E-state index contributed by atoms with van der Waals surface area (Å²) >= 11 is 0. The van der Waals surface area contributed by atoms with Crippen LogP contribution in [0.15, 0.2) is 200 Å². The first-order chi connectivity index (χ1) is 34.4. The number of fused-ring (bicyclic) bond motifs is 8. The summed E-state index contributed by atoms with van der Waals surface area (Å²) in [6.07, 6.45) is 4.54. The summed E-state index contributed by atoms with van der Waals surface area (Å²) in [5, 5.41) is 4.07. The molecule has 4 unspecified atom stereocenters. The van der Waals surface area contributed by atoms with E-state index in [4.69, 9.17) is 0 Å². The number of aromatic nitrogens is 2. The van der Waals surface area contributed by atoms with E-state index in [0.29, 0.717) is 11.8 Å². The second-order valence-electron chi connectivity index (χ2n) is 20.4. The molecular formula is C68H54N2. The first kappa shape index (κ1) is 41.1. The summed E-state index contributed by atoms with van der Waals surface area (Å²) in [4.78, 5) is 0. The van der Waals surface area contributed by atoms with Gasteiger partial charge in [-0.15, -0.1) is 0 Å².